The summed E-state index contributed by atoms with van der Waals surface area (Å²) in [6.07, 6.45) is 1.66. The van der Waals surface area contributed by atoms with Gasteiger partial charge in [-0.1, -0.05) is 30.3 Å². The summed E-state index contributed by atoms with van der Waals surface area (Å²) >= 11 is 0. The van der Waals surface area contributed by atoms with Crippen LogP contribution in [0.2, 0.25) is 0 Å². The van der Waals surface area contributed by atoms with Crippen molar-refractivity contribution in [2.75, 3.05) is 5.73 Å². The number of benzene rings is 1. The van der Waals surface area contributed by atoms with Crippen LogP contribution in [0.5, 0.6) is 0 Å². The number of anilines is 1. The second-order valence-corrected chi connectivity index (χ2v) is 5.00. The molecular weight excluding hydrogens is 290 g/mol. The van der Waals surface area contributed by atoms with Gasteiger partial charge in [-0.3, -0.25) is 4.79 Å². The normalized spacial score (nSPS) is 10.3. The second-order valence-electron chi connectivity index (χ2n) is 5.00. The molecule has 3 aromatic rings. The molecule has 0 aliphatic rings. The molecule has 0 bridgehead atoms. The van der Waals surface area contributed by atoms with Gasteiger partial charge in [0.2, 0.25) is 5.56 Å². The van der Waals surface area contributed by atoms with Crippen molar-refractivity contribution in [2.45, 2.75) is 0 Å². The van der Waals surface area contributed by atoms with Crippen LogP contribution in [-0.2, 0) is 7.05 Å². The van der Waals surface area contributed by atoms with Crippen LogP contribution in [0.25, 0.3) is 22.5 Å². The van der Waals surface area contributed by atoms with Crippen molar-refractivity contribution in [3.05, 3.63) is 64.7 Å². The van der Waals surface area contributed by atoms with Crippen LogP contribution in [0.1, 0.15) is 5.69 Å². The van der Waals surface area contributed by atoms with E-state index in [4.69, 9.17) is 11.0 Å². The van der Waals surface area contributed by atoms with Crippen LogP contribution in [0.4, 0.5) is 5.82 Å². The molecule has 0 aliphatic heterocycles. The molecular formula is C17H13N5O. The van der Waals surface area contributed by atoms with Gasteiger partial charge in [0, 0.05) is 30.4 Å². The van der Waals surface area contributed by atoms with E-state index in [1.807, 2.05) is 36.4 Å². The summed E-state index contributed by atoms with van der Waals surface area (Å²) in [5, 5.41) is 9.16. The Bertz CT molecular complexity index is 971. The topological polar surface area (TPSA) is 97.6 Å². The Morgan fingerprint density at radius 3 is 2.39 bits per heavy atom. The van der Waals surface area contributed by atoms with E-state index in [1.165, 1.54) is 10.6 Å². The Balaban J connectivity index is 2.31. The molecule has 2 N–H and O–H groups in total. The first-order valence-corrected chi connectivity index (χ1v) is 6.90. The zero-order valence-electron chi connectivity index (χ0n) is 12.4. The molecule has 0 saturated heterocycles. The predicted molar refractivity (Wildman–Crippen MR) is 87.3 cm³/mol. The van der Waals surface area contributed by atoms with Gasteiger partial charge in [-0.25, -0.2) is 9.97 Å². The highest BCUT2D eigenvalue weighted by Gasteiger charge is 2.15. The lowest BCUT2D eigenvalue weighted by atomic mass is 10.0. The summed E-state index contributed by atoms with van der Waals surface area (Å²) in [5.74, 6) is 0.0833. The number of nitriles is 1. The fourth-order valence-electron chi connectivity index (χ4n) is 2.26. The molecule has 0 aliphatic carbocycles. The first-order valence-electron chi connectivity index (χ1n) is 6.90. The Labute approximate surface area is 132 Å². The number of hydrogen-bond donors (Lipinski definition) is 1. The molecule has 23 heavy (non-hydrogen) atoms. The molecule has 6 nitrogen and oxygen atoms in total. The highest BCUT2D eigenvalue weighted by Crippen LogP contribution is 2.29. The van der Waals surface area contributed by atoms with Crippen molar-refractivity contribution >= 4 is 5.82 Å². The van der Waals surface area contributed by atoms with Gasteiger partial charge in [-0.05, 0) is 6.07 Å². The fourth-order valence-corrected chi connectivity index (χ4v) is 2.26. The molecule has 0 amide bonds. The molecule has 0 unspecified atom stereocenters. The maximum absolute atomic E-state index is 11.6. The average Bonchev–Trinajstić information content (AvgIpc) is 2.58. The number of rotatable bonds is 2. The van der Waals surface area contributed by atoms with E-state index in [0.717, 1.165) is 5.56 Å². The number of nitrogens with zero attached hydrogens (tertiary/aromatic N) is 4. The lowest BCUT2D eigenvalue weighted by molar-refractivity contribution is 0.861. The second kappa shape index (κ2) is 5.73. The summed E-state index contributed by atoms with van der Waals surface area (Å²) in [7, 11) is 1.66. The van der Waals surface area contributed by atoms with Gasteiger partial charge in [0.15, 0.2) is 11.5 Å². The number of aryl methyl sites for hydroxylation is 1. The number of nitrogen functional groups attached to an aromatic ring is 1. The van der Waals surface area contributed by atoms with E-state index in [9.17, 15) is 4.79 Å². The molecule has 2 heterocycles. The van der Waals surface area contributed by atoms with Crippen molar-refractivity contribution in [1.29, 1.82) is 5.26 Å². The van der Waals surface area contributed by atoms with Gasteiger partial charge in [0.1, 0.15) is 6.07 Å². The summed E-state index contributed by atoms with van der Waals surface area (Å²) in [6, 6.07) is 14.5. The van der Waals surface area contributed by atoms with Gasteiger partial charge in [0.25, 0.3) is 0 Å². The van der Waals surface area contributed by atoms with Gasteiger partial charge < -0.3 is 10.3 Å². The maximum Gasteiger partial charge on any atom is 0.250 e. The van der Waals surface area contributed by atoms with Crippen LogP contribution >= 0.6 is 0 Å². The molecule has 3 rings (SSSR count). The van der Waals surface area contributed by atoms with Crippen molar-refractivity contribution in [3.63, 3.8) is 0 Å². The molecule has 6 heteroatoms. The van der Waals surface area contributed by atoms with Gasteiger partial charge in [-0.2, -0.15) is 5.26 Å². The quantitative estimate of drug-likeness (QED) is 0.780. The fraction of sp³-hybridized carbons (Fsp3) is 0.0588. The zero-order chi connectivity index (χ0) is 16.4. The summed E-state index contributed by atoms with van der Waals surface area (Å²) < 4.78 is 1.45. The molecule has 2 aromatic heterocycles. The third-order valence-electron chi connectivity index (χ3n) is 3.44. The Hall–Kier alpha value is -3.46. The molecule has 0 fully saturated rings. The van der Waals surface area contributed by atoms with E-state index in [2.05, 4.69) is 9.97 Å². The van der Waals surface area contributed by atoms with Crippen LogP contribution in [0.15, 0.2) is 53.5 Å². The van der Waals surface area contributed by atoms with Crippen molar-refractivity contribution in [3.8, 4) is 28.6 Å². The minimum atomic E-state index is -0.126. The molecule has 0 saturated carbocycles. The lowest BCUT2D eigenvalue weighted by Gasteiger charge is -2.11. The minimum Gasteiger partial charge on any atom is -0.381 e. The first-order chi connectivity index (χ1) is 11.1. The standard InChI is InChI=1S/C17H13N5O/c1-22-10-12(7-8-14(22)23)16-15(11-5-3-2-4-6-11)21-17(19)13(9-18)20-16/h2-8,10H,1H3,(H2,19,21). The highest BCUT2D eigenvalue weighted by atomic mass is 16.1. The van der Waals surface area contributed by atoms with Crippen LogP contribution in [-0.4, -0.2) is 14.5 Å². The van der Waals surface area contributed by atoms with Gasteiger partial charge in [0.05, 0.1) is 11.4 Å². The third kappa shape index (κ3) is 2.68. The number of hydrogen-bond acceptors (Lipinski definition) is 5. The summed E-state index contributed by atoms with van der Waals surface area (Å²) in [5.41, 5.74) is 8.36. The molecule has 0 atom stereocenters. The number of aromatic nitrogens is 3. The van der Waals surface area contributed by atoms with Gasteiger partial charge in [-0.15, -0.1) is 0 Å². The van der Waals surface area contributed by atoms with E-state index in [0.29, 0.717) is 17.0 Å². The Morgan fingerprint density at radius 1 is 1.04 bits per heavy atom. The van der Waals surface area contributed by atoms with E-state index in [1.54, 1.807) is 19.3 Å². The smallest absolute Gasteiger partial charge is 0.250 e. The molecule has 1 aromatic carbocycles. The van der Waals surface area contributed by atoms with Gasteiger partial charge >= 0.3 is 0 Å². The van der Waals surface area contributed by atoms with E-state index >= 15 is 0 Å². The van der Waals surface area contributed by atoms with Crippen LogP contribution < -0.4 is 11.3 Å². The predicted octanol–water partition coefficient (Wildman–Crippen LogP) is 1.96. The Morgan fingerprint density at radius 2 is 1.74 bits per heavy atom. The average molecular weight is 303 g/mol. The SMILES string of the molecule is Cn1cc(-c2nc(C#N)c(N)nc2-c2ccccc2)ccc1=O. The highest BCUT2D eigenvalue weighted by molar-refractivity contribution is 5.79. The molecule has 0 spiro atoms. The lowest BCUT2D eigenvalue weighted by Crippen LogP contribution is -2.14. The molecule has 112 valence electrons. The maximum atomic E-state index is 11.6. The van der Waals surface area contributed by atoms with Crippen molar-refractivity contribution in [1.82, 2.24) is 14.5 Å². The largest absolute Gasteiger partial charge is 0.381 e. The monoisotopic (exact) mass is 303 g/mol. The summed E-state index contributed by atoms with van der Waals surface area (Å²) in [6.45, 7) is 0. The van der Waals surface area contributed by atoms with Crippen LogP contribution in [0, 0.1) is 11.3 Å². The Kier molecular flexibility index (Phi) is 3.61. The van der Waals surface area contributed by atoms with Crippen molar-refractivity contribution < 1.29 is 0 Å². The van der Waals surface area contributed by atoms with E-state index < -0.39 is 0 Å². The summed E-state index contributed by atoms with van der Waals surface area (Å²) in [4.78, 5) is 20.3. The first kappa shape index (κ1) is 14.5. The molecule has 0 radical (unpaired) electrons. The zero-order valence-corrected chi connectivity index (χ0v) is 12.4. The minimum absolute atomic E-state index is 0.0635. The van der Waals surface area contributed by atoms with E-state index in [-0.39, 0.29) is 17.1 Å². The number of pyridine rings is 1. The third-order valence-corrected chi connectivity index (χ3v) is 3.44. The number of nitrogens with two attached hydrogens (primary N) is 1. The van der Waals surface area contributed by atoms with Crippen LogP contribution in [0.3, 0.4) is 0 Å². The van der Waals surface area contributed by atoms with Crippen molar-refractivity contribution in [2.24, 2.45) is 7.05 Å².